The Morgan fingerprint density at radius 1 is 0.632 bits per heavy atom. The minimum absolute atomic E-state index is 0.131. The maximum atomic E-state index is 5.97. The molecule has 0 aliphatic carbocycles. The SMILES string of the molecule is CCOP(OCC)(OC(C)C)(OC(C)C)OC(C)C. The fraction of sp³-hybridized carbons (Fsp3) is 1.00. The van der Waals surface area contributed by atoms with Gasteiger partial charge in [-0.15, -0.1) is 0 Å². The van der Waals surface area contributed by atoms with Gasteiger partial charge in [-0.2, -0.15) is 0 Å². The second-order valence-electron chi connectivity index (χ2n) is 5.04. The average molecular weight is 298 g/mol. The van der Waals surface area contributed by atoms with E-state index in [2.05, 4.69) is 0 Å². The first-order chi connectivity index (χ1) is 8.68. The van der Waals surface area contributed by atoms with Crippen molar-refractivity contribution in [3.63, 3.8) is 0 Å². The van der Waals surface area contributed by atoms with Crippen LogP contribution in [0.5, 0.6) is 0 Å². The molecule has 0 radical (unpaired) electrons. The van der Waals surface area contributed by atoms with Gasteiger partial charge in [0.25, 0.3) is 0 Å². The second-order valence-corrected chi connectivity index (χ2v) is 7.68. The fourth-order valence-electron chi connectivity index (χ4n) is 1.75. The molecule has 0 aromatic carbocycles. The van der Waals surface area contributed by atoms with E-state index in [9.17, 15) is 0 Å². The number of hydrogen-bond acceptors (Lipinski definition) is 5. The predicted octanol–water partition coefficient (Wildman–Crippen LogP) is 4.46. The molecule has 0 aliphatic rings. The number of rotatable bonds is 10. The van der Waals surface area contributed by atoms with E-state index in [4.69, 9.17) is 22.6 Å². The van der Waals surface area contributed by atoms with Gasteiger partial charge in [-0.3, -0.25) is 0 Å². The summed E-state index contributed by atoms with van der Waals surface area (Å²) >= 11 is 0. The topological polar surface area (TPSA) is 46.2 Å². The van der Waals surface area contributed by atoms with Crippen LogP contribution < -0.4 is 0 Å². The van der Waals surface area contributed by atoms with Crippen molar-refractivity contribution in [1.82, 2.24) is 0 Å². The van der Waals surface area contributed by atoms with Crippen LogP contribution in [0.4, 0.5) is 0 Å². The van der Waals surface area contributed by atoms with E-state index < -0.39 is 7.74 Å². The Labute approximate surface area is 118 Å². The van der Waals surface area contributed by atoms with Crippen LogP contribution in [0.15, 0.2) is 0 Å². The molecule has 0 N–H and O–H groups in total. The van der Waals surface area contributed by atoms with Crippen LogP contribution in [0, 0.1) is 0 Å². The summed E-state index contributed by atoms with van der Waals surface area (Å²) in [5.74, 6) is 0. The van der Waals surface area contributed by atoms with Crippen LogP contribution >= 0.6 is 7.74 Å². The molecule has 0 amide bonds. The van der Waals surface area contributed by atoms with Crippen molar-refractivity contribution in [2.75, 3.05) is 13.2 Å². The first kappa shape index (κ1) is 19.2. The Bertz CT molecular complexity index is 216. The summed E-state index contributed by atoms with van der Waals surface area (Å²) in [7, 11) is -4.02. The molecule has 6 heteroatoms. The molecule has 0 unspecified atom stereocenters. The van der Waals surface area contributed by atoms with Crippen molar-refractivity contribution in [2.24, 2.45) is 0 Å². The summed E-state index contributed by atoms with van der Waals surface area (Å²) in [5.41, 5.74) is 0. The molecule has 0 rings (SSSR count). The molecule has 0 aromatic heterocycles. The Balaban J connectivity index is 5.60. The van der Waals surface area contributed by atoms with Crippen molar-refractivity contribution in [3.05, 3.63) is 0 Å². The van der Waals surface area contributed by atoms with Crippen molar-refractivity contribution in [1.29, 1.82) is 0 Å². The van der Waals surface area contributed by atoms with Gasteiger partial charge < -0.3 is 0 Å². The van der Waals surface area contributed by atoms with Gasteiger partial charge in [0.05, 0.1) is 0 Å². The first-order valence-electron chi connectivity index (χ1n) is 7.08. The zero-order valence-electron chi connectivity index (χ0n) is 13.6. The van der Waals surface area contributed by atoms with Gasteiger partial charge in [0.2, 0.25) is 0 Å². The Kier molecular flexibility index (Phi) is 7.96. The van der Waals surface area contributed by atoms with E-state index in [0.29, 0.717) is 13.2 Å². The summed E-state index contributed by atoms with van der Waals surface area (Å²) in [6, 6.07) is 0. The van der Waals surface area contributed by atoms with Crippen LogP contribution in [0.2, 0.25) is 0 Å². The molecule has 0 fully saturated rings. The summed E-state index contributed by atoms with van der Waals surface area (Å²) in [6.07, 6.45) is -0.394. The zero-order valence-corrected chi connectivity index (χ0v) is 14.5. The molecular weight excluding hydrogens is 267 g/mol. The summed E-state index contributed by atoms with van der Waals surface area (Å²) < 4.78 is 29.6. The molecule has 0 bridgehead atoms. The molecule has 5 nitrogen and oxygen atoms in total. The molecule has 0 spiro atoms. The third-order valence-electron chi connectivity index (χ3n) is 1.83. The van der Waals surface area contributed by atoms with Crippen molar-refractivity contribution in [3.8, 4) is 0 Å². The van der Waals surface area contributed by atoms with E-state index in [0.717, 1.165) is 0 Å². The number of hydrogen-bond donors (Lipinski definition) is 0. The van der Waals surface area contributed by atoms with Gasteiger partial charge in [0, 0.05) is 0 Å². The van der Waals surface area contributed by atoms with E-state index in [1.165, 1.54) is 0 Å². The Hall–Kier alpha value is 0.230. The van der Waals surface area contributed by atoms with E-state index >= 15 is 0 Å². The fourth-order valence-corrected chi connectivity index (χ4v) is 5.25. The third kappa shape index (κ3) is 6.03. The molecular formula is C13H31O5P. The molecule has 0 saturated carbocycles. The quantitative estimate of drug-likeness (QED) is 0.557. The average Bonchev–Trinajstić information content (AvgIpc) is 2.13. The molecule has 118 valence electrons. The van der Waals surface area contributed by atoms with E-state index in [1.807, 2.05) is 55.4 Å². The van der Waals surface area contributed by atoms with Crippen molar-refractivity contribution >= 4 is 7.74 Å². The minimum atomic E-state index is -4.02. The van der Waals surface area contributed by atoms with Crippen LogP contribution in [-0.2, 0) is 22.6 Å². The first-order valence-corrected chi connectivity index (χ1v) is 8.90. The molecule has 0 aliphatic heterocycles. The van der Waals surface area contributed by atoms with Crippen molar-refractivity contribution < 1.29 is 22.6 Å². The molecule has 0 atom stereocenters. The van der Waals surface area contributed by atoms with Crippen LogP contribution in [-0.4, -0.2) is 31.5 Å². The normalized spacial score (nSPS) is 15.2. The second kappa shape index (κ2) is 7.87. The molecule has 19 heavy (non-hydrogen) atoms. The molecule has 0 heterocycles. The third-order valence-corrected chi connectivity index (χ3v) is 5.49. The predicted molar refractivity (Wildman–Crippen MR) is 78.8 cm³/mol. The van der Waals surface area contributed by atoms with Crippen molar-refractivity contribution in [2.45, 2.75) is 73.7 Å². The maximum absolute atomic E-state index is 5.97. The van der Waals surface area contributed by atoms with Crippen LogP contribution in [0.1, 0.15) is 55.4 Å². The summed E-state index contributed by atoms with van der Waals surface area (Å²) in [6.45, 7) is 16.0. The van der Waals surface area contributed by atoms with E-state index in [-0.39, 0.29) is 18.3 Å². The van der Waals surface area contributed by atoms with Gasteiger partial charge in [-0.1, -0.05) is 0 Å². The Morgan fingerprint density at radius 3 is 1.05 bits per heavy atom. The summed E-state index contributed by atoms with van der Waals surface area (Å²) in [5, 5.41) is 0. The van der Waals surface area contributed by atoms with Gasteiger partial charge in [0.1, 0.15) is 0 Å². The zero-order chi connectivity index (χ0) is 15.1. The van der Waals surface area contributed by atoms with E-state index in [1.54, 1.807) is 0 Å². The summed E-state index contributed by atoms with van der Waals surface area (Å²) in [4.78, 5) is 0. The molecule has 0 saturated heterocycles. The van der Waals surface area contributed by atoms with Gasteiger partial charge >= 0.3 is 117 Å². The monoisotopic (exact) mass is 298 g/mol. The molecule has 0 aromatic rings. The van der Waals surface area contributed by atoms with Gasteiger partial charge in [-0.25, -0.2) is 0 Å². The van der Waals surface area contributed by atoms with Gasteiger partial charge in [0.15, 0.2) is 0 Å². The Morgan fingerprint density at radius 2 is 0.895 bits per heavy atom. The van der Waals surface area contributed by atoms with Crippen LogP contribution in [0.3, 0.4) is 0 Å². The van der Waals surface area contributed by atoms with Crippen LogP contribution in [0.25, 0.3) is 0 Å². The standard InChI is InChI=1S/C13H31O5P/c1-9-14-19(15-10-2,16-11(3)4,17-12(5)6)18-13(7)8/h11-13H,9-10H2,1-8H3. The van der Waals surface area contributed by atoms with Gasteiger partial charge in [-0.05, 0) is 0 Å².